The Morgan fingerprint density at radius 3 is 2.70 bits per heavy atom. The van der Waals surface area contributed by atoms with Gasteiger partial charge in [-0.15, -0.1) is 0 Å². The summed E-state index contributed by atoms with van der Waals surface area (Å²) in [6, 6.07) is 2.93. The van der Waals surface area contributed by atoms with Gasteiger partial charge in [-0.2, -0.15) is 0 Å². The summed E-state index contributed by atoms with van der Waals surface area (Å²) < 4.78 is 1.90. The quantitative estimate of drug-likeness (QED) is 0.834. The lowest BCUT2D eigenvalue weighted by molar-refractivity contribution is -0.148. The van der Waals surface area contributed by atoms with Crippen LogP contribution in [0.1, 0.15) is 19.8 Å². The largest absolute Gasteiger partial charge is 0.480 e. The van der Waals surface area contributed by atoms with Gasteiger partial charge in [-0.3, -0.25) is 9.59 Å². The van der Waals surface area contributed by atoms with Gasteiger partial charge in [-0.1, -0.05) is 0 Å². The topological polar surface area (TPSA) is 88.4 Å². The number of carboxylic acids is 1. The molecule has 1 amide bonds. The van der Waals surface area contributed by atoms with Gasteiger partial charge in [0, 0.05) is 16.7 Å². The van der Waals surface area contributed by atoms with Crippen LogP contribution in [0.25, 0.3) is 0 Å². The van der Waals surface area contributed by atoms with Crippen molar-refractivity contribution in [3.8, 4) is 0 Å². The first-order chi connectivity index (χ1) is 9.33. The molecule has 0 aliphatic heterocycles. The predicted octanol–water partition coefficient (Wildman–Crippen LogP) is 0.980. The van der Waals surface area contributed by atoms with E-state index in [1.165, 1.54) is 23.8 Å². The maximum atomic E-state index is 12.0. The van der Waals surface area contributed by atoms with Crippen LogP contribution in [0.2, 0.25) is 0 Å². The third-order valence-electron chi connectivity index (χ3n) is 3.50. The Balaban J connectivity index is 2.10. The Bertz CT molecular complexity index is 609. The minimum atomic E-state index is -1.26. The van der Waals surface area contributed by atoms with E-state index in [4.69, 9.17) is 0 Å². The van der Waals surface area contributed by atoms with Gasteiger partial charge in [0.1, 0.15) is 12.1 Å². The van der Waals surface area contributed by atoms with Crippen molar-refractivity contribution in [3.63, 3.8) is 0 Å². The number of nitrogens with zero attached hydrogens (tertiary/aromatic N) is 1. The Kier molecular flexibility index (Phi) is 3.99. The molecule has 0 spiro atoms. The van der Waals surface area contributed by atoms with Gasteiger partial charge >= 0.3 is 5.97 Å². The van der Waals surface area contributed by atoms with Crippen LogP contribution in [-0.2, 0) is 16.1 Å². The summed E-state index contributed by atoms with van der Waals surface area (Å²) in [5.41, 5.74) is -1.57. The Labute approximate surface area is 123 Å². The molecule has 7 heteroatoms. The highest BCUT2D eigenvalue weighted by Gasteiger charge is 2.48. The summed E-state index contributed by atoms with van der Waals surface area (Å²) in [4.78, 5) is 34.9. The zero-order valence-electron chi connectivity index (χ0n) is 10.9. The van der Waals surface area contributed by atoms with Gasteiger partial charge in [0.2, 0.25) is 5.91 Å². The van der Waals surface area contributed by atoms with Crippen molar-refractivity contribution in [1.29, 1.82) is 0 Å². The molecule has 1 aromatic heterocycles. The minimum absolute atomic E-state index is 0.0387. The molecule has 0 aromatic carbocycles. The van der Waals surface area contributed by atoms with Gasteiger partial charge < -0.3 is 15.0 Å². The van der Waals surface area contributed by atoms with E-state index in [9.17, 15) is 19.5 Å². The number of hydrogen-bond donors (Lipinski definition) is 2. The molecular formula is C13H15BrN2O4. The fraction of sp³-hybridized carbons (Fsp3) is 0.462. The van der Waals surface area contributed by atoms with E-state index in [-0.39, 0.29) is 18.0 Å². The molecule has 1 unspecified atom stereocenters. The number of rotatable bonds is 5. The molecular weight excluding hydrogens is 328 g/mol. The number of aromatic nitrogens is 1. The van der Waals surface area contributed by atoms with Crippen LogP contribution in [0.5, 0.6) is 0 Å². The molecule has 20 heavy (non-hydrogen) atoms. The fourth-order valence-electron chi connectivity index (χ4n) is 2.10. The average Bonchev–Trinajstić information content (AvgIpc) is 3.17. The van der Waals surface area contributed by atoms with Gasteiger partial charge in [0.15, 0.2) is 0 Å². The molecule has 1 aliphatic rings. The van der Waals surface area contributed by atoms with Gasteiger partial charge in [0.25, 0.3) is 5.56 Å². The lowest BCUT2D eigenvalue weighted by Crippen LogP contribution is -2.55. The summed E-state index contributed by atoms with van der Waals surface area (Å²) in [5.74, 6) is -1.57. The normalized spacial score (nSPS) is 17.3. The molecule has 1 aliphatic carbocycles. The van der Waals surface area contributed by atoms with Gasteiger partial charge in [-0.25, -0.2) is 4.79 Å². The Morgan fingerprint density at radius 1 is 1.50 bits per heavy atom. The monoisotopic (exact) mass is 342 g/mol. The molecule has 1 heterocycles. The van der Waals surface area contributed by atoms with Crippen LogP contribution in [0.3, 0.4) is 0 Å². The van der Waals surface area contributed by atoms with Crippen LogP contribution in [-0.4, -0.2) is 27.1 Å². The lowest BCUT2D eigenvalue weighted by Gasteiger charge is -2.26. The third-order valence-corrected chi connectivity index (χ3v) is 3.97. The fourth-order valence-corrected chi connectivity index (χ4v) is 2.48. The second-order valence-corrected chi connectivity index (χ2v) is 6.06. The van der Waals surface area contributed by atoms with Crippen molar-refractivity contribution in [3.05, 3.63) is 33.2 Å². The van der Waals surface area contributed by atoms with Crippen molar-refractivity contribution in [2.45, 2.75) is 31.8 Å². The predicted molar refractivity (Wildman–Crippen MR) is 75.3 cm³/mol. The molecule has 6 nitrogen and oxygen atoms in total. The maximum absolute atomic E-state index is 12.0. The zero-order valence-corrected chi connectivity index (χ0v) is 12.5. The Hall–Kier alpha value is -1.63. The van der Waals surface area contributed by atoms with E-state index >= 15 is 0 Å². The lowest BCUT2D eigenvalue weighted by atomic mass is 9.96. The molecule has 1 fully saturated rings. The number of nitrogens with one attached hydrogen (secondary N) is 1. The van der Waals surface area contributed by atoms with E-state index < -0.39 is 17.4 Å². The molecule has 0 saturated heterocycles. The van der Waals surface area contributed by atoms with Crippen LogP contribution < -0.4 is 10.9 Å². The van der Waals surface area contributed by atoms with Crippen molar-refractivity contribution < 1.29 is 14.7 Å². The summed E-state index contributed by atoms with van der Waals surface area (Å²) in [5, 5.41) is 11.8. The van der Waals surface area contributed by atoms with Crippen molar-refractivity contribution >= 4 is 27.8 Å². The van der Waals surface area contributed by atoms with Gasteiger partial charge in [-0.05, 0) is 47.7 Å². The molecule has 2 N–H and O–H groups in total. The van der Waals surface area contributed by atoms with E-state index in [1.54, 1.807) is 6.07 Å². The van der Waals surface area contributed by atoms with E-state index in [1.807, 2.05) is 0 Å². The summed E-state index contributed by atoms with van der Waals surface area (Å²) in [6.45, 7) is 1.31. The highest BCUT2D eigenvalue weighted by molar-refractivity contribution is 9.10. The van der Waals surface area contributed by atoms with Crippen LogP contribution in [0.15, 0.2) is 27.6 Å². The number of aliphatic carboxylic acids is 1. The SMILES string of the molecule is CC(NC(=O)Cn1cc(Br)ccc1=O)(C(=O)O)C1CC1. The molecule has 0 bridgehead atoms. The number of amides is 1. The number of hydrogen-bond acceptors (Lipinski definition) is 3. The first-order valence-corrected chi connectivity index (χ1v) is 7.02. The summed E-state index contributed by atoms with van der Waals surface area (Å²) in [7, 11) is 0. The zero-order chi connectivity index (χ0) is 14.9. The highest BCUT2D eigenvalue weighted by atomic mass is 79.9. The summed E-state index contributed by atoms with van der Waals surface area (Å²) in [6.07, 6.45) is 3.08. The average molecular weight is 343 g/mol. The van der Waals surface area contributed by atoms with Crippen molar-refractivity contribution in [2.75, 3.05) is 0 Å². The van der Waals surface area contributed by atoms with E-state index in [0.29, 0.717) is 4.47 Å². The molecule has 1 aromatic rings. The number of carbonyl (C=O) groups excluding carboxylic acids is 1. The Morgan fingerprint density at radius 2 is 2.15 bits per heavy atom. The molecule has 1 saturated carbocycles. The number of halogens is 1. The maximum Gasteiger partial charge on any atom is 0.329 e. The number of carbonyl (C=O) groups is 2. The van der Waals surface area contributed by atoms with Crippen LogP contribution >= 0.6 is 15.9 Å². The van der Waals surface area contributed by atoms with Crippen molar-refractivity contribution in [2.24, 2.45) is 5.92 Å². The molecule has 2 rings (SSSR count). The molecule has 0 radical (unpaired) electrons. The van der Waals surface area contributed by atoms with Crippen LogP contribution in [0.4, 0.5) is 0 Å². The van der Waals surface area contributed by atoms with Crippen molar-refractivity contribution in [1.82, 2.24) is 9.88 Å². The van der Waals surface area contributed by atoms with Gasteiger partial charge in [0.05, 0.1) is 0 Å². The van der Waals surface area contributed by atoms with E-state index in [2.05, 4.69) is 21.2 Å². The minimum Gasteiger partial charge on any atom is -0.480 e. The molecule has 1 atom stereocenters. The second-order valence-electron chi connectivity index (χ2n) is 5.14. The molecule has 108 valence electrons. The number of carboxylic acid groups (broad SMARTS) is 1. The first-order valence-electron chi connectivity index (χ1n) is 6.23. The smallest absolute Gasteiger partial charge is 0.329 e. The van der Waals surface area contributed by atoms with E-state index in [0.717, 1.165) is 12.8 Å². The second kappa shape index (κ2) is 5.40. The van der Waals surface area contributed by atoms with Crippen LogP contribution in [0, 0.1) is 5.92 Å². The third kappa shape index (κ3) is 3.09. The standard InChI is InChI=1S/C13H15BrN2O4/c1-13(12(19)20,8-2-3-8)15-10(17)7-16-6-9(14)4-5-11(16)18/h4-6,8H,2-3,7H2,1H3,(H,15,17)(H,19,20). The highest BCUT2D eigenvalue weighted by Crippen LogP contribution is 2.39. The first kappa shape index (κ1) is 14.8. The summed E-state index contributed by atoms with van der Waals surface area (Å²) >= 11 is 3.22. The number of pyridine rings is 1.